The number of carbonyl (C=O) groups is 1. The predicted octanol–water partition coefficient (Wildman–Crippen LogP) is 2.17. The van der Waals surface area contributed by atoms with Crippen LogP contribution in [0.2, 0.25) is 0 Å². The Morgan fingerprint density at radius 1 is 1.56 bits per heavy atom. The number of benzene rings is 1. The minimum absolute atomic E-state index is 0.221. The first-order valence-corrected chi connectivity index (χ1v) is 6.23. The quantitative estimate of drug-likeness (QED) is 0.634. The zero-order valence-corrected chi connectivity index (χ0v) is 11.4. The Labute approximate surface area is 114 Å². The molecule has 1 aromatic rings. The molecule has 0 atom stereocenters. The number of carbonyl (C=O) groups excluding carboxylic acids is 1. The van der Waals surface area contributed by atoms with Gasteiger partial charge in [0.05, 0.1) is 12.2 Å². The van der Waals surface area contributed by atoms with Crippen molar-refractivity contribution in [1.29, 1.82) is 0 Å². The fourth-order valence-corrected chi connectivity index (χ4v) is 2.11. The Bertz CT molecular complexity index is 561. The van der Waals surface area contributed by atoms with Crippen molar-refractivity contribution < 1.29 is 9.63 Å². The van der Waals surface area contributed by atoms with E-state index >= 15 is 0 Å². The van der Waals surface area contributed by atoms with Gasteiger partial charge in [-0.05, 0) is 25.1 Å². The van der Waals surface area contributed by atoms with Crippen molar-refractivity contribution in [2.75, 3.05) is 18.1 Å². The molecule has 0 aliphatic carbocycles. The lowest BCUT2D eigenvalue weighted by Gasteiger charge is -2.12. The van der Waals surface area contributed by atoms with Crippen LogP contribution in [0.3, 0.4) is 0 Å². The zero-order chi connectivity index (χ0) is 13.1. The largest absolute Gasteiger partial charge is 0.395 e. The molecule has 0 fully saturated rings. The van der Waals surface area contributed by atoms with E-state index in [0.717, 1.165) is 15.7 Å². The number of amides is 1. The van der Waals surface area contributed by atoms with E-state index in [1.54, 1.807) is 0 Å². The fraction of sp³-hybridized carbons (Fsp3) is 0.231. The third-order valence-corrected chi connectivity index (χ3v) is 2.98. The summed E-state index contributed by atoms with van der Waals surface area (Å²) in [6.07, 6.45) is 5.28. The van der Waals surface area contributed by atoms with Gasteiger partial charge in [-0.1, -0.05) is 27.0 Å². The number of rotatable bonds is 3. The third-order valence-electron chi connectivity index (χ3n) is 2.49. The number of halogens is 1. The summed E-state index contributed by atoms with van der Waals surface area (Å²) >= 11 is 3.37. The number of anilines is 1. The van der Waals surface area contributed by atoms with Crippen LogP contribution in [-0.4, -0.2) is 24.8 Å². The Morgan fingerprint density at radius 2 is 2.33 bits per heavy atom. The average molecular weight is 307 g/mol. The van der Waals surface area contributed by atoms with Crippen LogP contribution >= 0.6 is 15.9 Å². The molecule has 0 bridgehead atoms. The van der Waals surface area contributed by atoms with Crippen molar-refractivity contribution >= 4 is 33.2 Å². The van der Waals surface area contributed by atoms with Crippen LogP contribution in [0, 0.1) is 12.3 Å². The number of terminal acetylenes is 1. The molecule has 4 nitrogen and oxygen atoms in total. The molecule has 1 heterocycles. The van der Waals surface area contributed by atoms with E-state index in [-0.39, 0.29) is 12.5 Å². The van der Waals surface area contributed by atoms with Crippen LogP contribution in [0.25, 0.3) is 0 Å². The first-order chi connectivity index (χ1) is 8.69. The van der Waals surface area contributed by atoms with Gasteiger partial charge in [0.1, 0.15) is 6.61 Å². The molecule has 0 spiro atoms. The van der Waals surface area contributed by atoms with Crippen molar-refractivity contribution in [3.05, 3.63) is 28.2 Å². The normalized spacial score (nSPS) is 15.7. The summed E-state index contributed by atoms with van der Waals surface area (Å²) in [5.74, 6) is 2.24. The van der Waals surface area contributed by atoms with Crippen LogP contribution in [0.4, 0.5) is 5.69 Å². The molecule has 2 rings (SSSR count). The first-order valence-electron chi connectivity index (χ1n) is 5.44. The van der Waals surface area contributed by atoms with Crippen molar-refractivity contribution in [2.45, 2.75) is 6.92 Å². The van der Waals surface area contributed by atoms with Gasteiger partial charge in [-0.15, -0.1) is 6.42 Å². The second kappa shape index (κ2) is 5.23. The minimum atomic E-state index is -0.227. The second-order valence-electron chi connectivity index (χ2n) is 3.61. The summed E-state index contributed by atoms with van der Waals surface area (Å²) in [6.45, 7) is 2.44. The Morgan fingerprint density at radius 3 is 3.00 bits per heavy atom. The molecular weight excluding hydrogens is 296 g/mol. The molecular formula is C13H11BrN2O2. The predicted molar refractivity (Wildman–Crippen MR) is 73.5 cm³/mol. The first kappa shape index (κ1) is 12.7. The van der Waals surface area contributed by atoms with Gasteiger partial charge in [0.25, 0.3) is 5.91 Å². The summed E-state index contributed by atoms with van der Waals surface area (Å²) in [7, 11) is 0. The molecule has 0 unspecified atom stereocenters. The highest BCUT2D eigenvalue weighted by Crippen LogP contribution is 2.31. The third kappa shape index (κ3) is 2.12. The van der Waals surface area contributed by atoms with Gasteiger partial charge in [-0.25, -0.2) is 0 Å². The molecule has 0 saturated heterocycles. The van der Waals surface area contributed by atoms with Crippen LogP contribution < -0.4 is 4.90 Å². The monoisotopic (exact) mass is 306 g/mol. The molecule has 0 N–H and O–H groups in total. The van der Waals surface area contributed by atoms with Crippen LogP contribution in [0.5, 0.6) is 0 Å². The summed E-state index contributed by atoms with van der Waals surface area (Å²) in [5.41, 5.74) is 1.79. The van der Waals surface area contributed by atoms with Gasteiger partial charge in [-0.3, -0.25) is 9.69 Å². The Balaban J connectivity index is 2.51. The molecule has 18 heavy (non-hydrogen) atoms. The van der Waals surface area contributed by atoms with E-state index in [9.17, 15) is 4.79 Å². The Hall–Kier alpha value is -1.80. The fourth-order valence-electron chi connectivity index (χ4n) is 1.75. The van der Waals surface area contributed by atoms with Crippen molar-refractivity contribution in [2.24, 2.45) is 5.16 Å². The molecule has 1 aromatic carbocycles. The van der Waals surface area contributed by atoms with E-state index < -0.39 is 0 Å². The second-order valence-corrected chi connectivity index (χ2v) is 4.53. The van der Waals surface area contributed by atoms with Crippen LogP contribution in [0.15, 0.2) is 27.8 Å². The van der Waals surface area contributed by atoms with Gasteiger partial charge in [0.15, 0.2) is 5.71 Å². The number of nitrogens with zero attached hydrogens (tertiary/aromatic N) is 2. The topological polar surface area (TPSA) is 41.9 Å². The average Bonchev–Trinajstić information content (AvgIpc) is 2.60. The smallest absolute Gasteiger partial charge is 0.281 e. The van der Waals surface area contributed by atoms with Gasteiger partial charge in [0.2, 0.25) is 0 Å². The summed E-state index contributed by atoms with van der Waals surface area (Å²) in [4.78, 5) is 18.7. The molecule has 0 saturated carbocycles. The van der Waals surface area contributed by atoms with Crippen LogP contribution in [0.1, 0.15) is 12.5 Å². The SMILES string of the molecule is C#CCN1C(=O)C(=NOCC)c2cc(Br)ccc21. The van der Waals surface area contributed by atoms with Gasteiger partial charge in [-0.2, -0.15) is 0 Å². The van der Waals surface area contributed by atoms with Crippen molar-refractivity contribution in [3.8, 4) is 12.3 Å². The number of hydrogen-bond donors (Lipinski definition) is 0. The lowest BCUT2D eigenvalue weighted by atomic mass is 10.1. The standard InChI is InChI=1S/C13H11BrN2O2/c1-3-7-16-11-6-5-9(14)8-10(11)12(13(16)17)15-18-4-2/h1,5-6,8H,4,7H2,2H3. The van der Waals surface area contributed by atoms with Gasteiger partial charge < -0.3 is 4.84 Å². The molecule has 1 aliphatic rings. The lowest BCUT2D eigenvalue weighted by Crippen LogP contribution is -2.30. The van der Waals surface area contributed by atoms with E-state index in [1.165, 1.54) is 4.90 Å². The Kier molecular flexibility index (Phi) is 3.68. The van der Waals surface area contributed by atoms with Crippen molar-refractivity contribution in [3.63, 3.8) is 0 Å². The highest BCUT2D eigenvalue weighted by Gasteiger charge is 2.34. The molecule has 0 radical (unpaired) electrons. The number of hydrogen-bond acceptors (Lipinski definition) is 3. The summed E-state index contributed by atoms with van der Waals surface area (Å²) in [5, 5.41) is 3.87. The molecule has 5 heteroatoms. The summed E-state index contributed by atoms with van der Waals surface area (Å²) < 4.78 is 0.876. The minimum Gasteiger partial charge on any atom is -0.395 e. The maximum absolute atomic E-state index is 12.2. The molecule has 0 aromatic heterocycles. The summed E-state index contributed by atoms with van der Waals surface area (Å²) in [6, 6.07) is 5.53. The zero-order valence-electron chi connectivity index (χ0n) is 9.81. The van der Waals surface area contributed by atoms with E-state index in [2.05, 4.69) is 27.0 Å². The lowest BCUT2D eigenvalue weighted by molar-refractivity contribution is -0.112. The van der Waals surface area contributed by atoms with Crippen molar-refractivity contribution in [1.82, 2.24) is 0 Å². The van der Waals surface area contributed by atoms with Crippen LogP contribution in [-0.2, 0) is 9.63 Å². The van der Waals surface area contributed by atoms with E-state index in [1.807, 2.05) is 25.1 Å². The number of oxime groups is 1. The maximum Gasteiger partial charge on any atom is 0.281 e. The van der Waals surface area contributed by atoms with E-state index in [4.69, 9.17) is 11.3 Å². The highest BCUT2D eigenvalue weighted by molar-refractivity contribution is 9.10. The molecule has 1 aliphatic heterocycles. The van der Waals surface area contributed by atoms with E-state index in [0.29, 0.717) is 12.3 Å². The highest BCUT2D eigenvalue weighted by atomic mass is 79.9. The maximum atomic E-state index is 12.2. The van der Waals surface area contributed by atoms with Gasteiger partial charge in [0, 0.05) is 10.0 Å². The number of fused-ring (bicyclic) bond motifs is 1. The molecule has 92 valence electrons. The van der Waals surface area contributed by atoms with Gasteiger partial charge >= 0.3 is 0 Å². The molecule has 1 amide bonds.